The van der Waals surface area contributed by atoms with Crippen LogP contribution in [0.1, 0.15) is 5.56 Å². The van der Waals surface area contributed by atoms with Gasteiger partial charge in [-0.05, 0) is 35.9 Å². The lowest BCUT2D eigenvalue weighted by molar-refractivity contribution is 0.184. The smallest absolute Gasteiger partial charge is 0.337 e. The molecule has 0 unspecified atom stereocenters. The average molecular weight is 424 g/mol. The van der Waals surface area contributed by atoms with E-state index in [1.165, 1.54) is 36.2 Å². The maximum absolute atomic E-state index is 13.9. The van der Waals surface area contributed by atoms with E-state index in [1.54, 1.807) is 17.7 Å². The first kappa shape index (κ1) is 20.5. The number of benzene rings is 2. The molecule has 2 heterocycles. The Morgan fingerprint density at radius 1 is 1.06 bits per heavy atom. The Balaban J connectivity index is 1.93. The van der Waals surface area contributed by atoms with E-state index in [2.05, 4.69) is 4.98 Å². The lowest BCUT2D eigenvalue weighted by Gasteiger charge is -2.13. The molecular weight excluding hydrogens is 403 g/mol. The highest BCUT2D eigenvalue weighted by Crippen LogP contribution is 2.17. The van der Waals surface area contributed by atoms with Crippen LogP contribution in [0.4, 0.5) is 4.39 Å². The molecule has 0 aliphatic rings. The molecule has 0 fully saturated rings. The number of nitrogens with zero attached hydrogens (tertiary/aromatic N) is 4. The zero-order valence-electron chi connectivity index (χ0n) is 17.1. The normalized spacial score (nSPS) is 11.2. The Morgan fingerprint density at radius 2 is 1.84 bits per heavy atom. The van der Waals surface area contributed by atoms with Crippen molar-refractivity contribution < 1.29 is 13.9 Å². The molecule has 0 aliphatic heterocycles. The summed E-state index contributed by atoms with van der Waals surface area (Å²) in [7, 11) is 3.08. The Kier molecular flexibility index (Phi) is 5.68. The minimum atomic E-state index is -0.602. The molecule has 2 aromatic heterocycles. The van der Waals surface area contributed by atoms with Crippen LogP contribution in [0.15, 0.2) is 64.4 Å². The van der Waals surface area contributed by atoms with E-state index in [0.717, 1.165) is 15.9 Å². The minimum absolute atomic E-state index is 0.0626. The highest BCUT2D eigenvalue weighted by molar-refractivity contribution is 5.72. The quantitative estimate of drug-likeness (QED) is 0.454. The summed E-state index contributed by atoms with van der Waals surface area (Å²) in [6.45, 7) is 0.602. The third kappa shape index (κ3) is 3.87. The fourth-order valence-electron chi connectivity index (χ4n) is 3.46. The molecule has 8 nitrogen and oxygen atoms in total. The van der Waals surface area contributed by atoms with E-state index in [0.29, 0.717) is 6.54 Å². The summed E-state index contributed by atoms with van der Waals surface area (Å²) in [6, 6.07) is 13.0. The fourth-order valence-corrected chi connectivity index (χ4v) is 3.46. The summed E-state index contributed by atoms with van der Waals surface area (Å²) in [5, 5.41) is 0. The van der Waals surface area contributed by atoms with Crippen LogP contribution < -0.4 is 16.0 Å². The molecule has 0 saturated heterocycles. The van der Waals surface area contributed by atoms with Gasteiger partial charge >= 0.3 is 5.69 Å². The number of methoxy groups -OCH3 is 2. The van der Waals surface area contributed by atoms with Crippen molar-refractivity contribution in [3.05, 3.63) is 87.1 Å². The van der Waals surface area contributed by atoms with Crippen molar-refractivity contribution in [1.82, 2.24) is 18.7 Å². The minimum Gasteiger partial charge on any atom is -0.497 e. The molecule has 0 N–H and O–H groups in total. The van der Waals surface area contributed by atoms with E-state index in [-0.39, 0.29) is 30.0 Å². The highest BCUT2D eigenvalue weighted by Gasteiger charge is 2.19. The molecule has 0 atom stereocenters. The monoisotopic (exact) mass is 424 g/mol. The molecule has 0 aliphatic carbocycles. The highest BCUT2D eigenvalue weighted by atomic mass is 19.1. The lowest BCUT2D eigenvalue weighted by Crippen LogP contribution is -2.41. The van der Waals surface area contributed by atoms with Crippen LogP contribution in [0.5, 0.6) is 5.75 Å². The van der Waals surface area contributed by atoms with Gasteiger partial charge in [-0.2, -0.15) is 0 Å². The van der Waals surface area contributed by atoms with Crippen molar-refractivity contribution in [2.75, 3.05) is 20.8 Å². The third-order valence-electron chi connectivity index (χ3n) is 5.00. The largest absolute Gasteiger partial charge is 0.497 e. The summed E-state index contributed by atoms with van der Waals surface area (Å²) >= 11 is 0. The Hall–Kier alpha value is -3.72. The first-order chi connectivity index (χ1) is 15.0. The number of aromatic nitrogens is 4. The van der Waals surface area contributed by atoms with Crippen molar-refractivity contribution in [1.29, 1.82) is 0 Å². The number of hydrogen-bond donors (Lipinski definition) is 0. The summed E-state index contributed by atoms with van der Waals surface area (Å²) in [5.41, 5.74) is 0.548. The van der Waals surface area contributed by atoms with Gasteiger partial charge in [-0.15, -0.1) is 0 Å². The van der Waals surface area contributed by atoms with Crippen LogP contribution in [-0.2, 0) is 17.8 Å². The van der Waals surface area contributed by atoms with E-state index >= 15 is 0 Å². The SMILES string of the molecule is COCCn1c(=O)c2c(ncn2Cc2ccc(OC)cc2)n(-c2cccc(F)c2)c1=O. The van der Waals surface area contributed by atoms with Gasteiger partial charge in [0.15, 0.2) is 11.2 Å². The van der Waals surface area contributed by atoms with Crippen molar-refractivity contribution >= 4 is 11.2 Å². The number of imidazole rings is 1. The van der Waals surface area contributed by atoms with Gasteiger partial charge in [0.25, 0.3) is 5.56 Å². The molecule has 2 aromatic carbocycles. The van der Waals surface area contributed by atoms with Crippen LogP contribution in [0, 0.1) is 5.82 Å². The first-order valence-electron chi connectivity index (χ1n) is 9.62. The van der Waals surface area contributed by atoms with E-state index in [1.807, 2.05) is 24.3 Å². The molecule has 160 valence electrons. The molecule has 0 saturated carbocycles. The van der Waals surface area contributed by atoms with Crippen LogP contribution >= 0.6 is 0 Å². The predicted octanol–water partition coefficient (Wildman–Crippen LogP) is 2.19. The Bertz CT molecular complexity index is 1340. The maximum atomic E-state index is 13.9. The van der Waals surface area contributed by atoms with Gasteiger partial charge in [0, 0.05) is 13.7 Å². The molecule has 31 heavy (non-hydrogen) atoms. The van der Waals surface area contributed by atoms with Crippen molar-refractivity contribution in [2.45, 2.75) is 13.1 Å². The number of ether oxygens (including phenoxy) is 2. The molecular formula is C22H21FN4O4. The number of fused-ring (bicyclic) bond motifs is 1. The second-order valence-electron chi connectivity index (χ2n) is 6.94. The van der Waals surface area contributed by atoms with E-state index in [4.69, 9.17) is 9.47 Å². The maximum Gasteiger partial charge on any atom is 0.337 e. The standard InChI is InChI=1S/C22H21FN4O4/c1-30-11-10-26-21(28)19-20(27(22(26)29)17-5-3-4-16(23)12-17)24-14-25(19)13-15-6-8-18(31-2)9-7-15/h3-9,12,14H,10-11,13H2,1-2H3. The van der Waals surface area contributed by atoms with E-state index < -0.39 is 17.1 Å². The van der Waals surface area contributed by atoms with Crippen LogP contribution in [-0.4, -0.2) is 39.5 Å². The van der Waals surface area contributed by atoms with Gasteiger partial charge < -0.3 is 14.0 Å². The molecule has 4 aromatic rings. The second kappa shape index (κ2) is 8.57. The van der Waals surface area contributed by atoms with Crippen LogP contribution in [0.2, 0.25) is 0 Å². The van der Waals surface area contributed by atoms with Gasteiger partial charge in [0.1, 0.15) is 11.6 Å². The number of halogens is 1. The van der Waals surface area contributed by atoms with E-state index in [9.17, 15) is 14.0 Å². The van der Waals surface area contributed by atoms with Crippen molar-refractivity contribution in [3.63, 3.8) is 0 Å². The number of hydrogen-bond acceptors (Lipinski definition) is 5. The van der Waals surface area contributed by atoms with Crippen molar-refractivity contribution in [2.24, 2.45) is 0 Å². The lowest BCUT2D eigenvalue weighted by atomic mass is 10.2. The predicted molar refractivity (Wildman–Crippen MR) is 114 cm³/mol. The van der Waals surface area contributed by atoms with Gasteiger partial charge in [0.2, 0.25) is 0 Å². The molecule has 0 spiro atoms. The average Bonchev–Trinajstić information content (AvgIpc) is 3.17. The molecule has 9 heteroatoms. The van der Waals surface area contributed by atoms with Gasteiger partial charge in [-0.25, -0.2) is 18.7 Å². The van der Waals surface area contributed by atoms with Gasteiger partial charge in [-0.3, -0.25) is 9.36 Å². The Labute approximate surface area is 176 Å². The molecule has 0 amide bonds. The summed E-state index contributed by atoms with van der Waals surface area (Å²) in [5.74, 6) is 0.228. The zero-order chi connectivity index (χ0) is 22.0. The fraction of sp³-hybridized carbons (Fsp3) is 0.227. The molecule has 0 radical (unpaired) electrons. The summed E-state index contributed by atoms with van der Waals surface area (Å²) in [6.07, 6.45) is 1.51. The van der Waals surface area contributed by atoms with Gasteiger partial charge in [0.05, 0.1) is 32.3 Å². The molecule has 0 bridgehead atoms. The summed E-state index contributed by atoms with van der Waals surface area (Å²) < 4.78 is 28.1. The second-order valence-corrected chi connectivity index (χ2v) is 6.94. The summed E-state index contributed by atoms with van der Waals surface area (Å²) in [4.78, 5) is 30.7. The van der Waals surface area contributed by atoms with Crippen molar-refractivity contribution in [3.8, 4) is 11.4 Å². The zero-order valence-corrected chi connectivity index (χ0v) is 17.1. The van der Waals surface area contributed by atoms with Crippen LogP contribution in [0.25, 0.3) is 16.9 Å². The first-order valence-corrected chi connectivity index (χ1v) is 9.62. The van der Waals surface area contributed by atoms with Gasteiger partial charge in [-0.1, -0.05) is 18.2 Å². The topological polar surface area (TPSA) is 80.3 Å². The third-order valence-corrected chi connectivity index (χ3v) is 5.00. The van der Waals surface area contributed by atoms with Crippen LogP contribution in [0.3, 0.4) is 0 Å². The number of rotatable bonds is 7. The molecule has 4 rings (SSSR count). The Morgan fingerprint density at radius 3 is 2.52 bits per heavy atom.